The van der Waals surface area contributed by atoms with Crippen LogP contribution < -0.4 is 0 Å². The smallest absolute Gasteiger partial charge is 0.00913 e. The van der Waals surface area contributed by atoms with Crippen molar-refractivity contribution in [1.82, 2.24) is 0 Å². The van der Waals surface area contributed by atoms with Gasteiger partial charge >= 0.3 is 0 Å². The third kappa shape index (κ3) is 2.19. The Balaban J connectivity index is 1.78. The van der Waals surface area contributed by atoms with E-state index in [4.69, 9.17) is 0 Å². The van der Waals surface area contributed by atoms with Gasteiger partial charge in [0, 0.05) is 5.33 Å². The van der Waals surface area contributed by atoms with Gasteiger partial charge in [-0.05, 0) is 73.5 Å². The molecule has 0 heterocycles. The molecule has 0 N–H and O–H groups in total. The third-order valence-electron chi connectivity index (χ3n) is 4.89. The molecular formula is C16H21Br. The van der Waals surface area contributed by atoms with Crippen molar-refractivity contribution in [3.8, 4) is 0 Å². The summed E-state index contributed by atoms with van der Waals surface area (Å²) in [6.45, 7) is 4.43. The normalized spacial score (nSPS) is 34.8. The van der Waals surface area contributed by atoms with Crippen LogP contribution >= 0.6 is 15.9 Å². The topological polar surface area (TPSA) is 0 Å². The second-order valence-corrected chi connectivity index (χ2v) is 6.95. The summed E-state index contributed by atoms with van der Waals surface area (Å²) in [5, 5.41) is 1.18. The Labute approximate surface area is 113 Å². The predicted octanol–water partition coefficient (Wildman–Crippen LogP) is 4.66. The highest BCUT2D eigenvalue weighted by molar-refractivity contribution is 9.09. The minimum Gasteiger partial charge on any atom is -0.0922 e. The van der Waals surface area contributed by atoms with Crippen LogP contribution in [0.25, 0.3) is 0 Å². The predicted molar refractivity (Wildman–Crippen MR) is 76.7 cm³/mol. The first kappa shape index (κ1) is 11.8. The van der Waals surface area contributed by atoms with E-state index in [2.05, 4.69) is 48.0 Å². The Morgan fingerprint density at radius 1 is 1.18 bits per heavy atom. The van der Waals surface area contributed by atoms with Gasteiger partial charge in [-0.15, -0.1) is 0 Å². The molecular weight excluding hydrogens is 272 g/mol. The largest absolute Gasteiger partial charge is 0.0922 e. The van der Waals surface area contributed by atoms with E-state index in [-0.39, 0.29) is 0 Å². The first-order valence-corrected chi connectivity index (χ1v) is 7.86. The average Bonchev–Trinajstić information content (AvgIpc) is 2.93. The zero-order chi connectivity index (χ0) is 12.0. The van der Waals surface area contributed by atoms with Gasteiger partial charge in [-0.2, -0.15) is 0 Å². The molecule has 1 aromatic rings. The van der Waals surface area contributed by atoms with Crippen LogP contribution in [0.2, 0.25) is 0 Å². The Hall–Kier alpha value is -0.300. The molecule has 0 bridgehead atoms. The van der Waals surface area contributed by atoms with E-state index in [0.29, 0.717) is 5.41 Å². The Kier molecular flexibility index (Phi) is 2.85. The van der Waals surface area contributed by atoms with E-state index in [1.54, 1.807) is 0 Å². The molecule has 0 nitrogen and oxygen atoms in total. The quantitative estimate of drug-likeness (QED) is 0.711. The molecule has 92 valence electrons. The monoisotopic (exact) mass is 292 g/mol. The summed E-state index contributed by atoms with van der Waals surface area (Å²) in [4.78, 5) is 0. The van der Waals surface area contributed by atoms with E-state index >= 15 is 0 Å². The summed E-state index contributed by atoms with van der Waals surface area (Å²) in [5.74, 6) is 2.14. The fraction of sp³-hybridized carbons (Fsp3) is 0.625. The molecule has 2 aliphatic carbocycles. The minimum atomic E-state index is 0.565. The molecule has 2 aliphatic rings. The van der Waals surface area contributed by atoms with Crippen molar-refractivity contribution >= 4 is 15.9 Å². The van der Waals surface area contributed by atoms with Gasteiger partial charge in [0.1, 0.15) is 0 Å². The Morgan fingerprint density at radius 3 is 2.47 bits per heavy atom. The van der Waals surface area contributed by atoms with Crippen molar-refractivity contribution in [2.24, 2.45) is 17.3 Å². The molecule has 2 unspecified atom stereocenters. The highest BCUT2D eigenvalue weighted by atomic mass is 79.9. The van der Waals surface area contributed by atoms with Crippen molar-refractivity contribution in [2.75, 3.05) is 5.33 Å². The molecule has 2 atom stereocenters. The third-order valence-corrected chi connectivity index (χ3v) is 6.08. The Bertz CT molecular complexity index is 425. The van der Waals surface area contributed by atoms with Crippen LogP contribution in [0.1, 0.15) is 36.0 Å². The summed E-state index contributed by atoms with van der Waals surface area (Å²) in [5.41, 5.74) is 4.95. The molecule has 0 radical (unpaired) electrons. The zero-order valence-electron chi connectivity index (χ0n) is 10.8. The highest BCUT2D eigenvalue weighted by Crippen LogP contribution is 2.61. The summed E-state index contributed by atoms with van der Waals surface area (Å²) in [7, 11) is 0. The molecule has 0 aliphatic heterocycles. The van der Waals surface area contributed by atoms with Gasteiger partial charge in [0.25, 0.3) is 0 Å². The van der Waals surface area contributed by atoms with Crippen molar-refractivity contribution in [3.05, 3.63) is 34.9 Å². The number of hydrogen-bond acceptors (Lipinski definition) is 0. The molecule has 3 rings (SSSR count). The van der Waals surface area contributed by atoms with Crippen LogP contribution in [-0.4, -0.2) is 5.33 Å². The number of halogens is 1. The van der Waals surface area contributed by atoms with Gasteiger partial charge in [-0.3, -0.25) is 0 Å². The van der Waals surface area contributed by atoms with Gasteiger partial charge in [0.15, 0.2) is 0 Å². The first-order chi connectivity index (χ1) is 8.12. The van der Waals surface area contributed by atoms with Crippen LogP contribution in [0.5, 0.6) is 0 Å². The standard InChI is InChI=1S/C16H21Br/c1-11-3-4-13(5-12(11)2)7-16(10-17)8-14-6-15(14)9-16/h3-5,14-15H,6-10H2,1-2H3. The average molecular weight is 293 g/mol. The van der Waals surface area contributed by atoms with E-state index in [0.717, 1.165) is 11.8 Å². The van der Waals surface area contributed by atoms with Gasteiger partial charge in [-0.25, -0.2) is 0 Å². The maximum absolute atomic E-state index is 3.77. The molecule has 2 fully saturated rings. The van der Waals surface area contributed by atoms with Gasteiger partial charge < -0.3 is 0 Å². The van der Waals surface area contributed by atoms with E-state index in [1.807, 2.05) is 0 Å². The van der Waals surface area contributed by atoms with Crippen molar-refractivity contribution in [1.29, 1.82) is 0 Å². The van der Waals surface area contributed by atoms with Crippen molar-refractivity contribution in [2.45, 2.75) is 39.5 Å². The van der Waals surface area contributed by atoms with Crippen LogP contribution in [0.3, 0.4) is 0 Å². The summed E-state index contributed by atoms with van der Waals surface area (Å²) < 4.78 is 0. The molecule has 1 aromatic carbocycles. The lowest BCUT2D eigenvalue weighted by Gasteiger charge is -2.29. The number of benzene rings is 1. The van der Waals surface area contributed by atoms with Crippen molar-refractivity contribution < 1.29 is 0 Å². The second-order valence-electron chi connectivity index (χ2n) is 6.39. The highest BCUT2D eigenvalue weighted by Gasteiger charge is 2.52. The second kappa shape index (κ2) is 4.12. The molecule has 0 amide bonds. The summed E-state index contributed by atoms with van der Waals surface area (Å²) >= 11 is 3.77. The van der Waals surface area contributed by atoms with Crippen LogP contribution in [-0.2, 0) is 6.42 Å². The van der Waals surface area contributed by atoms with E-state index in [9.17, 15) is 0 Å². The fourth-order valence-electron chi connectivity index (χ4n) is 3.65. The lowest BCUT2D eigenvalue weighted by Crippen LogP contribution is -2.23. The maximum atomic E-state index is 3.77. The molecule has 0 aromatic heterocycles. The molecule has 2 saturated carbocycles. The number of aryl methyl sites for hydroxylation is 2. The minimum absolute atomic E-state index is 0.565. The van der Waals surface area contributed by atoms with E-state index < -0.39 is 0 Å². The molecule has 1 heteroatoms. The number of fused-ring (bicyclic) bond motifs is 1. The number of hydrogen-bond donors (Lipinski definition) is 0. The van der Waals surface area contributed by atoms with Crippen molar-refractivity contribution in [3.63, 3.8) is 0 Å². The maximum Gasteiger partial charge on any atom is 0.00913 e. The molecule has 17 heavy (non-hydrogen) atoms. The number of alkyl halides is 1. The first-order valence-electron chi connectivity index (χ1n) is 6.74. The summed E-state index contributed by atoms with van der Waals surface area (Å²) in [6.07, 6.45) is 5.69. The SMILES string of the molecule is Cc1ccc(CC2(CBr)CC3CC3C2)cc1C. The van der Waals surface area contributed by atoms with Crippen LogP contribution in [0.4, 0.5) is 0 Å². The van der Waals surface area contributed by atoms with Crippen LogP contribution in [0, 0.1) is 31.1 Å². The summed E-state index contributed by atoms with van der Waals surface area (Å²) in [6, 6.07) is 7.00. The van der Waals surface area contributed by atoms with Crippen LogP contribution in [0.15, 0.2) is 18.2 Å². The van der Waals surface area contributed by atoms with Gasteiger partial charge in [0.05, 0.1) is 0 Å². The van der Waals surface area contributed by atoms with Gasteiger partial charge in [0.2, 0.25) is 0 Å². The van der Waals surface area contributed by atoms with Gasteiger partial charge in [-0.1, -0.05) is 34.1 Å². The Morgan fingerprint density at radius 2 is 1.88 bits per heavy atom. The molecule has 0 saturated heterocycles. The lowest BCUT2D eigenvalue weighted by atomic mass is 9.79. The molecule has 0 spiro atoms. The fourth-order valence-corrected chi connectivity index (χ4v) is 4.31. The number of rotatable bonds is 3. The van der Waals surface area contributed by atoms with E-state index in [1.165, 1.54) is 47.7 Å². The lowest BCUT2D eigenvalue weighted by molar-refractivity contribution is 0.308. The zero-order valence-corrected chi connectivity index (χ0v) is 12.4.